The summed E-state index contributed by atoms with van der Waals surface area (Å²) in [5.41, 5.74) is 2.78. The summed E-state index contributed by atoms with van der Waals surface area (Å²) in [5.74, 6) is -1.16. The lowest BCUT2D eigenvalue weighted by Crippen LogP contribution is -2.50. The first-order chi connectivity index (χ1) is 19.6. The molecule has 7 nitrogen and oxygen atoms in total. The monoisotopic (exact) mass is 581 g/mol. The standard InChI is InChI=1S/C32H40FN3O4S/c1-4-5-21-34-32(38)30(23-26-15-7-6-8-16-26)35(24-27-17-10-9-14-25(27)2)31(37)20-13-22-36(41(3,39)40)29-19-12-11-18-28(29)33/h6-12,14-19,30H,4-5,13,20-24H2,1-3H3,(H,34,38)/t30-/m1/s1. The highest BCUT2D eigenvalue weighted by atomic mass is 32.2. The number of hydrogen-bond acceptors (Lipinski definition) is 4. The van der Waals surface area contributed by atoms with Crippen molar-refractivity contribution in [1.82, 2.24) is 10.2 Å². The van der Waals surface area contributed by atoms with E-state index in [1.165, 1.54) is 18.2 Å². The van der Waals surface area contributed by atoms with E-state index in [9.17, 15) is 22.4 Å². The maximum absolute atomic E-state index is 14.5. The van der Waals surface area contributed by atoms with Crippen LogP contribution < -0.4 is 9.62 Å². The van der Waals surface area contributed by atoms with Gasteiger partial charge >= 0.3 is 0 Å². The SMILES string of the molecule is CCCCNC(=O)[C@@H](Cc1ccccc1)N(Cc1ccccc1C)C(=O)CCCN(c1ccccc1F)S(C)(=O)=O. The Labute approximate surface area is 243 Å². The number of nitrogens with zero attached hydrogens (tertiary/aromatic N) is 2. The maximum Gasteiger partial charge on any atom is 0.243 e. The van der Waals surface area contributed by atoms with Crippen molar-refractivity contribution >= 4 is 27.5 Å². The van der Waals surface area contributed by atoms with Crippen LogP contribution in [0.2, 0.25) is 0 Å². The third kappa shape index (κ3) is 9.42. The number of benzene rings is 3. The molecule has 9 heteroatoms. The fourth-order valence-electron chi connectivity index (χ4n) is 4.67. The Morgan fingerprint density at radius 2 is 1.59 bits per heavy atom. The van der Waals surface area contributed by atoms with Gasteiger partial charge in [-0.2, -0.15) is 0 Å². The van der Waals surface area contributed by atoms with Crippen molar-refractivity contribution in [3.63, 3.8) is 0 Å². The summed E-state index contributed by atoms with van der Waals surface area (Å²) in [6.07, 6.45) is 3.24. The molecule has 0 aliphatic carbocycles. The van der Waals surface area contributed by atoms with Crippen LogP contribution in [0.15, 0.2) is 78.9 Å². The fraction of sp³-hybridized carbons (Fsp3) is 0.375. The van der Waals surface area contributed by atoms with Crippen LogP contribution in [0.4, 0.5) is 10.1 Å². The normalized spacial score (nSPS) is 12.0. The molecule has 0 radical (unpaired) electrons. The number of nitrogens with one attached hydrogen (secondary N) is 1. The Morgan fingerprint density at radius 1 is 0.927 bits per heavy atom. The van der Waals surface area contributed by atoms with Crippen molar-refractivity contribution in [2.45, 2.75) is 58.5 Å². The Balaban J connectivity index is 1.88. The average molecular weight is 582 g/mol. The summed E-state index contributed by atoms with van der Waals surface area (Å²) in [4.78, 5) is 29.0. The molecule has 3 rings (SSSR count). The molecule has 41 heavy (non-hydrogen) atoms. The smallest absolute Gasteiger partial charge is 0.243 e. The molecule has 0 saturated carbocycles. The summed E-state index contributed by atoms with van der Waals surface area (Å²) >= 11 is 0. The summed E-state index contributed by atoms with van der Waals surface area (Å²) < 4.78 is 40.5. The minimum atomic E-state index is -3.79. The predicted octanol–water partition coefficient (Wildman–Crippen LogP) is 5.24. The molecule has 0 aromatic heterocycles. The van der Waals surface area contributed by atoms with Gasteiger partial charge in [0, 0.05) is 32.5 Å². The van der Waals surface area contributed by atoms with Gasteiger partial charge in [0.05, 0.1) is 11.9 Å². The summed E-state index contributed by atoms with van der Waals surface area (Å²) in [5, 5.41) is 3.00. The van der Waals surface area contributed by atoms with Crippen LogP contribution in [0.3, 0.4) is 0 Å². The lowest BCUT2D eigenvalue weighted by Gasteiger charge is -2.32. The summed E-state index contributed by atoms with van der Waals surface area (Å²) in [6.45, 7) is 4.68. The van der Waals surface area contributed by atoms with Crippen molar-refractivity contribution in [3.05, 3.63) is 101 Å². The molecule has 0 fully saturated rings. The number of anilines is 1. The molecule has 3 aromatic rings. The third-order valence-corrected chi connectivity index (χ3v) is 8.16. The first kappa shape index (κ1) is 31.8. The van der Waals surface area contributed by atoms with Gasteiger partial charge in [0.15, 0.2) is 0 Å². The second kappa shape index (κ2) is 15.3. The van der Waals surface area contributed by atoms with Crippen molar-refractivity contribution in [2.24, 2.45) is 0 Å². The summed E-state index contributed by atoms with van der Waals surface area (Å²) in [6, 6.07) is 22.2. The van der Waals surface area contributed by atoms with Crippen molar-refractivity contribution in [1.29, 1.82) is 0 Å². The van der Waals surface area contributed by atoms with E-state index in [0.717, 1.165) is 40.1 Å². The van der Waals surface area contributed by atoms with Gasteiger partial charge in [0.25, 0.3) is 0 Å². The van der Waals surface area contributed by atoms with Crippen LogP contribution in [-0.2, 0) is 32.6 Å². The van der Waals surface area contributed by atoms with E-state index in [1.807, 2.05) is 68.4 Å². The molecule has 220 valence electrons. The first-order valence-electron chi connectivity index (χ1n) is 14.0. The number of unbranched alkanes of at least 4 members (excludes halogenated alkanes) is 1. The molecule has 0 saturated heterocycles. The third-order valence-electron chi connectivity index (χ3n) is 6.98. The Bertz CT molecular complexity index is 1400. The number of aryl methyl sites for hydroxylation is 1. The van der Waals surface area contributed by atoms with E-state index in [2.05, 4.69) is 5.32 Å². The van der Waals surface area contributed by atoms with Gasteiger partial charge in [0.2, 0.25) is 21.8 Å². The van der Waals surface area contributed by atoms with Crippen LogP contribution in [0, 0.1) is 12.7 Å². The number of para-hydroxylation sites is 1. The number of halogens is 1. The number of hydrogen-bond donors (Lipinski definition) is 1. The second-order valence-corrected chi connectivity index (χ2v) is 12.1. The molecule has 3 aromatic carbocycles. The molecule has 1 N–H and O–H groups in total. The van der Waals surface area contributed by atoms with Gasteiger partial charge in [-0.05, 0) is 48.6 Å². The van der Waals surface area contributed by atoms with E-state index < -0.39 is 21.9 Å². The molecule has 0 aliphatic rings. The minimum Gasteiger partial charge on any atom is -0.354 e. The maximum atomic E-state index is 14.5. The highest BCUT2D eigenvalue weighted by Crippen LogP contribution is 2.23. The van der Waals surface area contributed by atoms with Gasteiger partial charge in [-0.3, -0.25) is 13.9 Å². The lowest BCUT2D eigenvalue weighted by atomic mass is 10.0. The van der Waals surface area contributed by atoms with Crippen LogP contribution in [0.25, 0.3) is 0 Å². The highest BCUT2D eigenvalue weighted by molar-refractivity contribution is 7.92. The van der Waals surface area contributed by atoms with E-state index in [0.29, 0.717) is 13.0 Å². The van der Waals surface area contributed by atoms with Crippen LogP contribution in [0.5, 0.6) is 0 Å². The molecule has 0 spiro atoms. The number of amides is 2. The van der Waals surface area contributed by atoms with Crippen molar-refractivity contribution < 1.29 is 22.4 Å². The van der Waals surface area contributed by atoms with E-state index >= 15 is 0 Å². The Kier molecular flexibility index (Phi) is 11.9. The quantitative estimate of drug-likeness (QED) is 0.249. The molecule has 1 atom stereocenters. The minimum absolute atomic E-state index is 0.0140. The number of carbonyl (C=O) groups excluding carboxylic acids is 2. The van der Waals surface area contributed by atoms with Gasteiger partial charge in [-0.1, -0.05) is 80.1 Å². The van der Waals surface area contributed by atoms with Crippen molar-refractivity contribution in [2.75, 3.05) is 23.7 Å². The number of rotatable bonds is 15. The highest BCUT2D eigenvalue weighted by Gasteiger charge is 2.31. The molecule has 0 unspecified atom stereocenters. The predicted molar refractivity (Wildman–Crippen MR) is 161 cm³/mol. The topological polar surface area (TPSA) is 86.8 Å². The Morgan fingerprint density at radius 3 is 2.24 bits per heavy atom. The zero-order valence-corrected chi connectivity index (χ0v) is 24.9. The second-order valence-electron chi connectivity index (χ2n) is 10.2. The van der Waals surface area contributed by atoms with Gasteiger partial charge in [-0.15, -0.1) is 0 Å². The fourth-order valence-corrected chi connectivity index (χ4v) is 5.63. The number of sulfonamides is 1. The van der Waals surface area contributed by atoms with Crippen LogP contribution in [0.1, 0.15) is 49.3 Å². The van der Waals surface area contributed by atoms with E-state index in [-0.39, 0.29) is 43.4 Å². The van der Waals surface area contributed by atoms with Crippen molar-refractivity contribution in [3.8, 4) is 0 Å². The zero-order chi connectivity index (χ0) is 29.8. The molecule has 0 aliphatic heterocycles. The lowest BCUT2D eigenvalue weighted by molar-refractivity contribution is -0.141. The molecular weight excluding hydrogens is 541 g/mol. The number of carbonyl (C=O) groups is 2. The molecular formula is C32H40FN3O4S. The largest absolute Gasteiger partial charge is 0.354 e. The van der Waals surface area contributed by atoms with Gasteiger partial charge in [-0.25, -0.2) is 12.8 Å². The molecule has 0 heterocycles. The zero-order valence-electron chi connectivity index (χ0n) is 24.1. The van der Waals surface area contributed by atoms with Gasteiger partial charge in [0.1, 0.15) is 11.9 Å². The average Bonchev–Trinajstić information content (AvgIpc) is 2.94. The van der Waals surface area contributed by atoms with E-state index in [4.69, 9.17) is 0 Å². The van der Waals surface area contributed by atoms with Crippen LogP contribution in [-0.4, -0.2) is 50.5 Å². The molecule has 2 amide bonds. The van der Waals surface area contributed by atoms with Crippen LogP contribution >= 0.6 is 0 Å². The van der Waals surface area contributed by atoms with Gasteiger partial charge < -0.3 is 10.2 Å². The Hall–Kier alpha value is -3.72. The first-order valence-corrected chi connectivity index (χ1v) is 15.8. The molecule has 0 bridgehead atoms. The van der Waals surface area contributed by atoms with E-state index in [1.54, 1.807) is 11.0 Å². The summed E-state index contributed by atoms with van der Waals surface area (Å²) in [7, 11) is -3.79.